The summed E-state index contributed by atoms with van der Waals surface area (Å²) in [6.07, 6.45) is 10.7. The van der Waals surface area contributed by atoms with Crippen molar-refractivity contribution in [3.8, 4) is 79.2 Å². The number of anilines is 6. The van der Waals surface area contributed by atoms with E-state index in [9.17, 15) is 0 Å². The molecule has 0 radical (unpaired) electrons. The molecule has 0 amide bonds. The minimum Gasteiger partial charge on any atom is -0.308 e. The Hall–Kier alpha value is -9.62. The van der Waals surface area contributed by atoms with Crippen LogP contribution in [-0.4, -0.2) is 39.9 Å². The predicted molar refractivity (Wildman–Crippen MR) is 304 cm³/mol. The van der Waals surface area contributed by atoms with E-state index in [0.717, 1.165) is 78.9 Å². The van der Waals surface area contributed by atoms with Gasteiger partial charge < -0.3 is 9.80 Å². The number of benzene rings is 6. The van der Waals surface area contributed by atoms with Gasteiger partial charge in [0.25, 0.3) is 0 Å². The number of aromatic nitrogens is 8. The van der Waals surface area contributed by atoms with Crippen LogP contribution in [0.5, 0.6) is 0 Å². The van der Waals surface area contributed by atoms with Crippen molar-refractivity contribution in [1.29, 1.82) is 0 Å². The third-order valence-electron chi connectivity index (χ3n) is 13.3. The molecule has 358 valence electrons. The van der Waals surface area contributed by atoms with Gasteiger partial charge in [0.05, 0.1) is 56.9 Å². The van der Waals surface area contributed by atoms with Gasteiger partial charge in [-0.05, 0) is 157 Å². The highest BCUT2D eigenvalue weighted by molar-refractivity contribution is 8.00. The molecular weight excluding hydrogens is 973 g/mol. The minimum absolute atomic E-state index is 0.502. The zero-order chi connectivity index (χ0) is 50.4. The number of hydrogen-bond donors (Lipinski definition) is 0. The Labute approximate surface area is 447 Å². The predicted octanol–water partition coefficient (Wildman–Crippen LogP) is 16.4. The first-order valence-corrected chi connectivity index (χ1v) is 26.3. The molecule has 0 aliphatic carbocycles. The highest BCUT2D eigenvalue weighted by Gasteiger charge is 2.29. The number of fused-ring (bicyclic) bond motifs is 4. The van der Waals surface area contributed by atoms with Crippen molar-refractivity contribution in [2.24, 2.45) is 0 Å². The lowest BCUT2D eigenvalue weighted by molar-refractivity contribution is 1.14. The standard InChI is InChI=1S/C64H40N10S2/c1-5-23-59-55(19-1)73(56-20-2-6-24-60(56)75-59)47-34-44(35-48(36-47)74-57-21-3-7-25-61(57)76-62-26-8-4-22-58(62)74)43-31-45(63-69-51(41-15-13-27-65-39-41)37-53(71-63)49-17-9-11-29-67-49)33-46(32-43)64-70-52(42-16-14-28-66-40-42)38-54(72-64)50-18-10-12-30-68-50/h1-40H. The first kappa shape index (κ1) is 45.0. The molecule has 8 heterocycles. The minimum atomic E-state index is 0.502. The fourth-order valence-electron chi connectivity index (χ4n) is 9.81. The van der Waals surface area contributed by atoms with Crippen molar-refractivity contribution in [1.82, 2.24) is 39.9 Å². The molecule has 12 aromatic rings. The van der Waals surface area contributed by atoms with E-state index in [4.69, 9.17) is 29.9 Å². The van der Waals surface area contributed by atoms with Crippen molar-refractivity contribution in [3.05, 3.63) is 243 Å². The van der Waals surface area contributed by atoms with Gasteiger partial charge in [0, 0.05) is 90.4 Å². The summed E-state index contributed by atoms with van der Waals surface area (Å²) in [5.74, 6) is 1.00. The number of hydrogen-bond acceptors (Lipinski definition) is 12. The lowest BCUT2D eigenvalue weighted by Gasteiger charge is -2.36. The second-order valence-corrected chi connectivity index (χ2v) is 20.3. The fourth-order valence-corrected chi connectivity index (χ4v) is 11.9. The molecule has 14 rings (SSSR count). The summed E-state index contributed by atoms with van der Waals surface area (Å²) >= 11 is 3.59. The van der Waals surface area contributed by atoms with Gasteiger partial charge in [-0.2, -0.15) is 0 Å². The molecular formula is C64H40N10S2. The van der Waals surface area contributed by atoms with E-state index in [2.05, 4.69) is 153 Å². The van der Waals surface area contributed by atoms with Gasteiger partial charge in [-0.3, -0.25) is 19.9 Å². The summed E-state index contributed by atoms with van der Waals surface area (Å²) in [7, 11) is 0. The van der Waals surface area contributed by atoms with Crippen LogP contribution in [0.3, 0.4) is 0 Å². The van der Waals surface area contributed by atoms with Gasteiger partial charge in [0.1, 0.15) is 0 Å². The SMILES string of the molecule is c1ccc(-c2cc(-c3cccnc3)nc(-c3cc(-c4cc(N5c6ccccc6Sc6ccccc65)cc(N5c6ccccc6Sc6ccccc65)c4)cc(-c4nc(-c5cccnc5)cc(-c5ccccn5)n4)c3)n2)nc1. The van der Waals surface area contributed by atoms with Crippen LogP contribution in [0.1, 0.15) is 0 Å². The smallest absolute Gasteiger partial charge is 0.160 e. The molecule has 0 N–H and O–H groups in total. The zero-order valence-electron chi connectivity index (χ0n) is 40.4. The van der Waals surface area contributed by atoms with E-state index < -0.39 is 0 Å². The van der Waals surface area contributed by atoms with Crippen LogP contribution in [0.4, 0.5) is 34.1 Å². The normalized spacial score (nSPS) is 12.3. The number of pyridine rings is 4. The molecule has 0 spiro atoms. The Morgan fingerprint density at radius 2 is 0.658 bits per heavy atom. The molecule has 76 heavy (non-hydrogen) atoms. The van der Waals surface area contributed by atoms with Crippen molar-refractivity contribution in [2.45, 2.75) is 19.6 Å². The third kappa shape index (κ3) is 8.50. The maximum absolute atomic E-state index is 5.32. The summed E-state index contributed by atoms with van der Waals surface area (Å²) < 4.78 is 0. The van der Waals surface area contributed by atoms with Crippen LogP contribution in [0, 0.1) is 0 Å². The van der Waals surface area contributed by atoms with E-state index in [1.807, 2.05) is 85.2 Å². The van der Waals surface area contributed by atoms with E-state index in [0.29, 0.717) is 34.4 Å². The zero-order valence-corrected chi connectivity index (χ0v) is 42.0. The first-order chi connectivity index (χ1) is 37.6. The molecule has 10 nitrogen and oxygen atoms in total. The van der Waals surface area contributed by atoms with Gasteiger partial charge in [-0.1, -0.05) is 84.2 Å². The Kier molecular flexibility index (Phi) is 11.5. The lowest BCUT2D eigenvalue weighted by Crippen LogP contribution is -2.17. The van der Waals surface area contributed by atoms with Gasteiger partial charge in [-0.15, -0.1) is 0 Å². The van der Waals surface area contributed by atoms with E-state index in [1.165, 1.54) is 19.6 Å². The molecule has 0 atom stereocenters. The first-order valence-electron chi connectivity index (χ1n) is 24.7. The van der Waals surface area contributed by atoms with Gasteiger partial charge in [-0.25, -0.2) is 19.9 Å². The molecule has 6 aromatic heterocycles. The average molecular weight is 1010 g/mol. The molecule has 0 saturated heterocycles. The Bertz CT molecular complexity index is 3680. The van der Waals surface area contributed by atoms with Crippen molar-refractivity contribution >= 4 is 57.6 Å². The average Bonchev–Trinajstić information content (AvgIpc) is 3.50. The maximum atomic E-state index is 5.32. The molecule has 2 aliphatic heterocycles. The van der Waals surface area contributed by atoms with Crippen LogP contribution in [0.15, 0.2) is 263 Å². The molecule has 12 heteroatoms. The van der Waals surface area contributed by atoms with Crippen LogP contribution < -0.4 is 9.80 Å². The second kappa shape index (κ2) is 19.3. The quantitative estimate of drug-likeness (QED) is 0.137. The maximum Gasteiger partial charge on any atom is 0.160 e. The molecule has 0 saturated carbocycles. The summed E-state index contributed by atoms with van der Waals surface area (Å²) in [6, 6.07) is 71.5. The van der Waals surface area contributed by atoms with Crippen molar-refractivity contribution < 1.29 is 0 Å². The second-order valence-electron chi connectivity index (χ2n) is 18.1. The molecule has 2 aliphatic rings. The van der Waals surface area contributed by atoms with Crippen LogP contribution in [0.25, 0.3) is 79.2 Å². The van der Waals surface area contributed by atoms with Crippen molar-refractivity contribution in [3.63, 3.8) is 0 Å². The largest absolute Gasteiger partial charge is 0.308 e. The molecule has 0 unspecified atom stereocenters. The lowest BCUT2D eigenvalue weighted by atomic mass is 9.96. The number of rotatable bonds is 9. The summed E-state index contributed by atoms with van der Waals surface area (Å²) in [5.41, 5.74) is 15.7. The van der Waals surface area contributed by atoms with Crippen LogP contribution >= 0.6 is 23.5 Å². The van der Waals surface area contributed by atoms with Gasteiger partial charge in [0.15, 0.2) is 11.6 Å². The highest BCUT2D eigenvalue weighted by atomic mass is 32.2. The Morgan fingerprint density at radius 1 is 0.276 bits per heavy atom. The third-order valence-corrected chi connectivity index (χ3v) is 15.5. The topological polar surface area (TPSA) is 110 Å². The summed E-state index contributed by atoms with van der Waals surface area (Å²) in [6.45, 7) is 0. The van der Waals surface area contributed by atoms with E-state index in [-0.39, 0.29) is 0 Å². The van der Waals surface area contributed by atoms with E-state index >= 15 is 0 Å². The monoisotopic (exact) mass is 1010 g/mol. The van der Waals surface area contributed by atoms with E-state index in [1.54, 1.807) is 48.3 Å². The van der Waals surface area contributed by atoms with Gasteiger partial charge in [0.2, 0.25) is 0 Å². The molecule has 0 bridgehead atoms. The molecule has 6 aromatic carbocycles. The Morgan fingerprint density at radius 3 is 1.05 bits per heavy atom. The Balaban J connectivity index is 1.06. The highest BCUT2D eigenvalue weighted by Crippen LogP contribution is 2.55. The molecule has 0 fully saturated rings. The van der Waals surface area contributed by atoms with Crippen LogP contribution in [-0.2, 0) is 0 Å². The summed E-state index contributed by atoms with van der Waals surface area (Å²) in [4.78, 5) is 49.2. The van der Waals surface area contributed by atoms with Crippen molar-refractivity contribution in [2.75, 3.05) is 9.80 Å². The van der Waals surface area contributed by atoms with Gasteiger partial charge >= 0.3 is 0 Å². The fraction of sp³-hybridized carbons (Fsp3) is 0. The van der Waals surface area contributed by atoms with Crippen LogP contribution in [0.2, 0.25) is 0 Å². The number of para-hydroxylation sites is 4. The number of nitrogens with zero attached hydrogens (tertiary/aromatic N) is 10. The summed E-state index contributed by atoms with van der Waals surface area (Å²) in [5, 5.41) is 0.